The highest BCUT2D eigenvalue weighted by atomic mass is 32.1. The molecule has 1 heterocycles. The lowest BCUT2D eigenvalue weighted by atomic mass is 10.2. The molecule has 116 valence electrons. The number of nitrogens with one attached hydrogen (secondary N) is 1. The average molecular weight is 307 g/mol. The number of rotatable bonds is 4. The van der Waals surface area contributed by atoms with Gasteiger partial charge in [0.1, 0.15) is 5.75 Å². The Kier molecular flexibility index (Phi) is 5.67. The van der Waals surface area contributed by atoms with Crippen LogP contribution in [0.15, 0.2) is 24.3 Å². The second-order valence-corrected chi connectivity index (χ2v) is 6.11. The van der Waals surface area contributed by atoms with Crippen molar-refractivity contribution in [3.05, 3.63) is 24.3 Å². The monoisotopic (exact) mass is 307 g/mol. The van der Waals surface area contributed by atoms with E-state index in [2.05, 4.69) is 41.1 Å². The number of piperazine rings is 1. The zero-order valence-electron chi connectivity index (χ0n) is 13.1. The molecule has 0 aliphatic carbocycles. The van der Waals surface area contributed by atoms with E-state index in [1.54, 1.807) is 7.11 Å². The first-order valence-electron chi connectivity index (χ1n) is 7.52. The molecule has 0 amide bonds. The Balaban J connectivity index is 1.89. The predicted molar refractivity (Wildman–Crippen MR) is 92.2 cm³/mol. The number of thiocarbonyl (C=S) groups is 1. The Morgan fingerprint density at radius 3 is 2.52 bits per heavy atom. The number of hydrogen-bond acceptors (Lipinski definition) is 3. The van der Waals surface area contributed by atoms with Gasteiger partial charge in [-0.2, -0.15) is 0 Å². The molecular formula is C16H25N3OS. The fourth-order valence-electron chi connectivity index (χ4n) is 2.44. The minimum atomic E-state index is 0.609. The Morgan fingerprint density at radius 2 is 1.90 bits per heavy atom. The second kappa shape index (κ2) is 7.50. The standard InChI is InChI=1S/C16H25N3OS/c1-13(2)12-17-16(21)19-10-8-18(9-11-19)14-6-4-5-7-15(14)20-3/h4-7,13H,8-12H2,1-3H3,(H,17,21). The summed E-state index contributed by atoms with van der Waals surface area (Å²) in [6.45, 7) is 9.13. The molecule has 0 radical (unpaired) electrons. The summed E-state index contributed by atoms with van der Waals surface area (Å²) in [5.41, 5.74) is 1.17. The molecule has 1 saturated heterocycles. The molecule has 1 aromatic rings. The van der Waals surface area contributed by atoms with Crippen molar-refractivity contribution in [2.24, 2.45) is 5.92 Å². The van der Waals surface area contributed by atoms with Crippen LogP contribution in [0, 0.1) is 5.92 Å². The van der Waals surface area contributed by atoms with E-state index in [1.807, 2.05) is 12.1 Å². The van der Waals surface area contributed by atoms with Crippen molar-refractivity contribution in [1.29, 1.82) is 0 Å². The van der Waals surface area contributed by atoms with E-state index in [0.717, 1.165) is 43.6 Å². The second-order valence-electron chi connectivity index (χ2n) is 5.73. The molecule has 0 spiro atoms. The minimum Gasteiger partial charge on any atom is -0.495 e. The van der Waals surface area contributed by atoms with Gasteiger partial charge in [-0.05, 0) is 30.3 Å². The SMILES string of the molecule is COc1ccccc1N1CCN(C(=S)NCC(C)C)CC1. The van der Waals surface area contributed by atoms with Crippen LogP contribution in [0.5, 0.6) is 5.75 Å². The molecule has 0 aromatic heterocycles. The van der Waals surface area contributed by atoms with Crippen molar-refractivity contribution in [1.82, 2.24) is 10.2 Å². The molecule has 1 aliphatic rings. The third kappa shape index (κ3) is 4.24. The smallest absolute Gasteiger partial charge is 0.169 e. The average Bonchev–Trinajstić information content (AvgIpc) is 2.52. The molecule has 5 heteroatoms. The maximum atomic E-state index is 5.47. The van der Waals surface area contributed by atoms with Gasteiger partial charge in [0.2, 0.25) is 0 Å². The molecule has 1 aliphatic heterocycles. The van der Waals surface area contributed by atoms with Gasteiger partial charge in [0.15, 0.2) is 5.11 Å². The van der Waals surface area contributed by atoms with Gasteiger partial charge >= 0.3 is 0 Å². The zero-order chi connectivity index (χ0) is 15.2. The van der Waals surface area contributed by atoms with E-state index in [1.165, 1.54) is 5.69 Å². The third-order valence-electron chi connectivity index (χ3n) is 3.65. The van der Waals surface area contributed by atoms with Gasteiger partial charge in [0.25, 0.3) is 0 Å². The number of ether oxygens (including phenoxy) is 1. The molecule has 2 rings (SSSR count). The third-order valence-corrected chi connectivity index (χ3v) is 4.06. The highest BCUT2D eigenvalue weighted by Crippen LogP contribution is 2.28. The van der Waals surface area contributed by atoms with E-state index in [-0.39, 0.29) is 0 Å². The van der Waals surface area contributed by atoms with Crippen molar-refractivity contribution >= 4 is 23.0 Å². The highest BCUT2D eigenvalue weighted by molar-refractivity contribution is 7.80. The number of nitrogens with zero attached hydrogens (tertiary/aromatic N) is 2. The number of hydrogen-bond donors (Lipinski definition) is 1. The van der Waals surface area contributed by atoms with Crippen LogP contribution < -0.4 is 15.0 Å². The number of para-hydroxylation sites is 2. The largest absolute Gasteiger partial charge is 0.495 e. The number of benzene rings is 1. The van der Waals surface area contributed by atoms with Crippen molar-refractivity contribution in [3.63, 3.8) is 0 Å². The van der Waals surface area contributed by atoms with E-state index >= 15 is 0 Å². The first kappa shape index (κ1) is 15.9. The summed E-state index contributed by atoms with van der Waals surface area (Å²) in [5.74, 6) is 1.55. The summed E-state index contributed by atoms with van der Waals surface area (Å²) in [6, 6.07) is 8.18. The molecule has 1 N–H and O–H groups in total. The van der Waals surface area contributed by atoms with Crippen LogP contribution in [-0.4, -0.2) is 49.8 Å². The summed E-state index contributed by atoms with van der Waals surface area (Å²) in [7, 11) is 1.72. The predicted octanol–water partition coefficient (Wildman–Crippen LogP) is 2.35. The van der Waals surface area contributed by atoms with Crippen LogP contribution >= 0.6 is 12.2 Å². The first-order chi connectivity index (χ1) is 10.1. The van der Waals surface area contributed by atoms with E-state index in [0.29, 0.717) is 5.92 Å². The Hall–Kier alpha value is -1.49. The van der Waals surface area contributed by atoms with Crippen LogP contribution in [0.2, 0.25) is 0 Å². The molecule has 0 unspecified atom stereocenters. The van der Waals surface area contributed by atoms with Gasteiger partial charge in [-0.1, -0.05) is 26.0 Å². The van der Waals surface area contributed by atoms with Crippen molar-refractivity contribution in [3.8, 4) is 5.75 Å². The van der Waals surface area contributed by atoms with Crippen LogP contribution in [0.4, 0.5) is 5.69 Å². The normalized spacial score (nSPS) is 15.2. The molecule has 0 saturated carbocycles. The van der Waals surface area contributed by atoms with Gasteiger partial charge in [0.05, 0.1) is 12.8 Å². The first-order valence-corrected chi connectivity index (χ1v) is 7.93. The Bertz CT molecular complexity index is 470. The maximum absolute atomic E-state index is 5.47. The van der Waals surface area contributed by atoms with Gasteiger partial charge in [-0.25, -0.2) is 0 Å². The molecule has 21 heavy (non-hydrogen) atoms. The van der Waals surface area contributed by atoms with Crippen LogP contribution in [0.1, 0.15) is 13.8 Å². The number of anilines is 1. The summed E-state index contributed by atoms with van der Waals surface area (Å²) in [5, 5.41) is 4.22. The Labute approximate surface area is 133 Å². The molecule has 0 atom stereocenters. The summed E-state index contributed by atoms with van der Waals surface area (Å²) in [6.07, 6.45) is 0. The summed E-state index contributed by atoms with van der Waals surface area (Å²) < 4.78 is 5.44. The zero-order valence-corrected chi connectivity index (χ0v) is 13.9. The van der Waals surface area contributed by atoms with Gasteiger partial charge in [-0.15, -0.1) is 0 Å². The lowest BCUT2D eigenvalue weighted by Crippen LogP contribution is -2.52. The van der Waals surface area contributed by atoms with Gasteiger partial charge in [-0.3, -0.25) is 0 Å². The quantitative estimate of drug-likeness (QED) is 0.862. The molecule has 1 aromatic carbocycles. The Morgan fingerprint density at radius 1 is 1.24 bits per heavy atom. The van der Waals surface area contributed by atoms with E-state index < -0.39 is 0 Å². The van der Waals surface area contributed by atoms with E-state index in [9.17, 15) is 0 Å². The molecular weight excluding hydrogens is 282 g/mol. The fraction of sp³-hybridized carbons (Fsp3) is 0.562. The van der Waals surface area contributed by atoms with Crippen molar-refractivity contribution in [2.75, 3.05) is 44.7 Å². The summed E-state index contributed by atoms with van der Waals surface area (Å²) in [4.78, 5) is 4.62. The maximum Gasteiger partial charge on any atom is 0.169 e. The van der Waals surface area contributed by atoms with Crippen LogP contribution in [0.3, 0.4) is 0 Å². The topological polar surface area (TPSA) is 27.7 Å². The molecule has 0 bridgehead atoms. The van der Waals surface area contributed by atoms with Crippen LogP contribution in [0.25, 0.3) is 0 Å². The van der Waals surface area contributed by atoms with Crippen LogP contribution in [-0.2, 0) is 0 Å². The van der Waals surface area contributed by atoms with Gasteiger partial charge < -0.3 is 19.9 Å². The number of methoxy groups -OCH3 is 1. The van der Waals surface area contributed by atoms with Gasteiger partial charge in [0, 0.05) is 32.7 Å². The van der Waals surface area contributed by atoms with E-state index in [4.69, 9.17) is 17.0 Å². The van der Waals surface area contributed by atoms with Crippen molar-refractivity contribution in [2.45, 2.75) is 13.8 Å². The summed E-state index contributed by atoms with van der Waals surface area (Å²) >= 11 is 5.47. The minimum absolute atomic E-state index is 0.609. The molecule has 1 fully saturated rings. The van der Waals surface area contributed by atoms with Crippen molar-refractivity contribution < 1.29 is 4.74 Å². The highest BCUT2D eigenvalue weighted by Gasteiger charge is 2.20. The molecule has 4 nitrogen and oxygen atoms in total. The fourth-order valence-corrected chi connectivity index (χ4v) is 2.71. The lowest BCUT2D eigenvalue weighted by Gasteiger charge is -2.38. The lowest BCUT2D eigenvalue weighted by molar-refractivity contribution is 0.371.